The second-order valence-electron chi connectivity index (χ2n) is 12.3. The van der Waals surface area contributed by atoms with Gasteiger partial charge >= 0.3 is 0 Å². The number of rotatable bonds is 10. The summed E-state index contributed by atoms with van der Waals surface area (Å²) in [5.74, 6) is 1.38. The molecule has 0 saturated carbocycles. The number of benzene rings is 2. The molecule has 0 spiro atoms. The maximum Gasteiger partial charge on any atom is 0.274 e. The number of unbranched alkanes of at least 4 members (excludes halogenated alkanes) is 2. The lowest BCUT2D eigenvalue weighted by atomic mass is 10.1. The highest BCUT2D eigenvalue weighted by molar-refractivity contribution is 6.03. The van der Waals surface area contributed by atoms with Crippen LogP contribution in [0.15, 0.2) is 65.8 Å². The van der Waals surface area contributed by atoms with E-state index in [9.17, 15) is 14.0 Å². The van der Waals surface area contributed by atoms with Crippen LogP contribution in [0.2, 0.25) is 0 Å². The summed E-state index contributed by atoms with van der Waals surface area (Å²) in [4.78, 5) is 42.2. The van der Waals surface area contributed by atoms with Crippen LogP contribution in [-0.4, -0.2) is 101 Å². The summed E-state index contributed by atoms with van der Waals surface area (Å²) < 4.78 is 27.1. The summed E-state index contributed by atoms with van der Waals surface area (Å²) in [6.45, 7) is 5.16. The summed E-state index contributed by atoms with van der Waals surface area (Å²) >= 11 is 0. The number of halogens is 1. The van der Waals surface area contributed by atoms with Gasteiger partial charge in [0.15, 0.2) is 17.2 Å². The van der Waals surface area contributed by atoms with Gasteiger partial charge in [-0.05, 0) is 81.1 Å². The third-order valence-corrected chi connectivity index (χ3v) is 9.35. The van der Waals surface area contributed by atoms with E-state index in [4.69, 9.17) is 14.5 Å². The summed E-state index contributed by atoms with van der Waals surface area (Å²) in [7, 11) is 1.59. The van der Waals surface area contributed by atoms with E-state index in [2.05, 4.69) is 9.89 Å². The van der Waals surface area contributed by atoms with E-state index < -0.39 is 0 Å². The Balaban J connectivity index is 0.881. The van der Waals surface area contributed by atoms with Crippen molar-refractivity contribution in [3.63, 3.8) is 0 Å². The molecule has 3 aliphatic rings. The highest BCUT2D eigenvalue weighted by atomic mass is 19.1. The molecule has 0 unspecified atom stereocenters. The predicted octanol–water partition coefficient (Wildman–Crippen LogP) is 5.48. The number of aliphatic imine (C=N–C) groups is 1. The fourth-order valence-electron chi connectivity index (χ4n) is 6.74. The molecule has 7 rings (SSSR count). The molecule has 4 aromatic rings. The van der Waals surface area contributed by atoms with E-state index in [1.165, 1.54) is 12.1 Å². The van der Waals surface area contributed by atoms with Gasteiger partial charge in [-0.1, -0.05) is 6.07 Å². The van der Waals surface area contributed by atoms with Gasteiger partial charge in [-0.2, -0.15) is 0 Å². The number of nitrogens with zero attached hydrogens (tertiary/aromatic N) is 6. The zero-order valence-electron chi connectivity index (χ0n) is 26.6. The monoisotopic (exact) mass is 638 g/mol. The van der Waals surface area contributed by atoms with Crippen LogP contribution in [0, 0.1) is 5.82 Å². The van der Waals surface area contributed by atoms with Gasteiger partial charge in [0.2, 0.25) is 0 Å². The zero-order chi connectivity index (χ0) is 32.3. The van der Waals surface area contributed by atoms with E-state index in [1.54, 1.807) is 25.3 Å². The van der Waals surface area contributed by atoms with Crippen LogP contribution in [0.1, 0.15) is 53.0 Å². The molecule has 11 heteroatoms. The van der Waals surface area contributed by atoms with Crippen molar-refractivity contribution in [2.45, 2.75) is 38.1 Å². The molecule has 0 radical (unpaired) electrons. The van der Waals surface area contributed by atoms with Gasteiger partial charge in [-0.15, -0.1) is 0 Å². The maximum atomic E-state index is 13.6. The van der Waals surface area contributed by atoms with Crippen molar-refractivity contribution in [1.82, 2.24) is 24.1 Å². The van der Waals surface area contributed by atoms with Crippen molar-refractivity contribution in [3.05, 3.63) is 77.9 Å². The number of carbonyl (C=O) groups is 2. The number of pyridine rings is 1. The molecule has 10 nitrogen and oxygen atoms in total. The Labute approximate surface area is 273 Å². The third kappa shape index (κ3) is 6.32. The van der Waals surface area contributed by atoms with Gasteiger partial charge in [0, 0.05) is 56.8 Å². The molecule has 3 aliphatic heterocycles. The molecule has 2 amide bonds. The van der Waals surface area contributed by atoms with Crippen molar-refractivity contribution >= 4 is 29.2 Å². The number of amides is 2. The molecule has 2 aromatic carbocycles. The Morgan fingerprint density at radius 1 is 0.979 bits per heavy atom. The highest BCUT2D eigenvalue weighted by Crippen LogP contribution is 2.38. The van der Waals surface area contributed by atoms with Crippen molar-refractivity contribution in [3.8, 4) is 22.9 Å². The minimum Gasteiger partial charge on any atom is -0.493 e. The molecule has 1 atom stereocenters. The molecule has 0 N–H and O–H groups in total. The lowest BCUT2D eigenvalue weighted by Crippen LogP contribution is -2.49. The number of ether oxygens (including phenoxy) is 2. The van der Waals surface area contributed by atoms with Gasteiger partial charge in [0.05, 0.1) is 36.5 Å². The average molecular weight is 639 g/mol. The van der Waals surface area contributed by atoms with Crippen LogP contribution in [0.4, 0.5) is 10.1 Å². The van der Waals surface area contributed by atoms with Crippen LogP contribution >= 0.6 is 0 Å². The SMILES string of the molecule is COc1cc2c(cc1OCCCCCN1CCN(C(=O)c3nc(-c4ccc(F)cc4)n4ccccc34)CC1)N=C[C@@H]1CCCN1C2=O. The molecule has 5 heterocycles. The minimum absolute atomic E-state index is 0.00109. The first-order chi connectivity index (χ1) is 23.0. The summed E-state index contributed by atoms with van der Waals surface area (Å²) in [6, 6.07) is 15.5. The van der Waals surface area contributed by atoms with Crippen LogP contribution in [-0.2, 0) is 0 Å². The second-order valence-corrected chi connectivity index (χ2v) is 12.3. The Morgan fingerprint density at radius 2 is 1.81 bits per heavy atom. The largest absolute Gasteiger partial charge is 0.493 e. The number of piperazine rings is 1. The number of carbonyl (C=O) groups excluding carboxylic acids is 2. The topological polar surface area (TPSA) is 92.0 Å². The van der Waals surface area contributed by atoms with E-state index in [1.807, 2.05) is 50.9 Å². The lowest BCUT2D eigenvalue weighted by molar-refractivity contribution is 0.0631. The van der Waals surface area contributed by atoms with Gasteiger partial charge in [-0.3, -0.25) is 23.9 Å². The van der Waals surface area contributed by atoms with Gasteiger partial charge in [0.1, 0.15) is 11.6 Å². The minimum atomic E-state index is -0.311. The average Bonchev–Trinajstić information content (AvgIpc) is 3.71. The number of methoxy groups -OCH3 is 1. The van der Waals surface area contributed by atoms with Crippen molar-refractivity contribution in [2.24, 2.45) is 4.99 Å². The van der Waals surface area contributed by atoms with Gasteiger partial charge in [-0.25, -0.2) is 9.37 Å². The first-order valence-electron chi connectivity index (χ1n) is 16.4. The zero-order valence-corrected chi connectivity index (χ0v) is 26.6. The van der Waals surface area contributed by atoms with E-state index in [-0.39, 0.29) is 23.7 Å². The smallest absolute Gasteiger partial charge is 0.274 e. The molecular formula is C36H39FN6O4. The molecule has 0 bridgehead atoms. The number of aromatic nitrogens is 2. The molecule has 2 saturated heterocycles. The predicted molar refractivity (Wildman–Crippen MR) is 177 cm³/mol. The van der Waals surface area contributed by atoms with E-state index in [0.717, 1.165) is 69.4 Å². The fraction of sp³-hybridized carbons (Fsp3) is 0.389. The fourth-order valence-corrected chi connectivity index (χ4v) is 6.74. The molecule has 47 heavy (non-hydrogen) atoms. The molecule has 2 aromatic heterocycles. The molecule has 2 fully saturated rings. The number of fused-ring (bicyclic) bond motifs is 3. The molecular weight excluding hydrogens is 599 g/mol. The summed E-state index contributed by atoms with van der Waals surface area (Å²) in [6.07, 6.45) is 8.63. The van der Waals surface area contributed by atoms with Crippen LogP contribution < -0.4 is 9.47 Å². The summed E-state index contributed by atoms with van der Waals surface area (Å²) in [5.41, 5.74) is 3.11. The van der Waals surface area contributed by atoms with E-state index in [0.29, 0.717) is 54.0 Å². The third-order valence-electron chi connectivity index (χ3n) is 9.35. The van der Waals surface area contributed by atoms with Crippen LogP contribution in [0.5, 0.6) is 11.5 Å². The Morgan fingerprint density at radius 3 is 2.62 bits per heavy atom. The Hall–Kier alpha value is -4.77. The Bertz CT molecular complexity index is 1800. The van der Waals surface area contributed by atoms with E-state index >= 15 is 0 Å². The normalized spacial score (nSPS) is 17.9. The van der Waals surface area contributed by atoms with Gasteiger partial charge < -0.3 is 19.3 Å². The molecule has 244 valence electrons. The quantitative estimate of drug-likeness (QED) is 0.214. The van der Waals surface area contributed by atoms with Gasteiger partial charge in [0.25, 0.3) is 11.8 Å². The molecule has 0 aliphatic carbocycles. The number of hydrogen-bond donors (Lipinski definition) is 0. The first kappa shape index (κ1) is 30.9. The van der Waals surface area contributed by atoms with Crippen LogP contribution in [0.25, 0.3) is 16.9 Å². The highest BCUT2D eigenvalue weighted by Gasteiger charge is 2.32. The summed E-state index contributed by atoms with van der Waals surface area (Å²) in [5, 5.41) is 0. The van der Waals surface area contributed by atoms with Crippen LogP contribution in [0.3, 0.4) is 0 Å². The van der Waals surface area contributed by atoms with Crippen molar-refractivity contribution in [2.75, 3.05) is 53.0 Å². The lowest BCUT2D eigenvalue weighted by Gasteiger charge is -2.34. The Kier molecular flexibility index (Phi) is 8.88. The standard InChI is InChI=1S/C36H39FN6O4/c1-46-31-22-28-29(38-24-27-8-7-16-42(27)35(28)44)23-32(31)47-21-6-2-4-14-40-17-19-41(20-18-40)36(45)33-30-9-3-5-15-43(30)34(39-33)25-10-12-26(37)13-11-25/h3,5,9-13,15,22-24,27H,2,4,6-8,14,16-21H2,1H3/t27-/m0/s1. The first-order valence-corrected chi connectivity index (χ1v) is 16.4. The van der Waals surface area contributed by atoms with Crippen molar-refractivity contribution < 1.29 is 23.5 Å². The number of hydrogen-bond acceptors (Lipinski definition) is 7. The van der Waals surface area contributed by atoms with Crippen molar-refractivity contribution in [1.29, 1.82) is 0 Å². The number of imidazole rings is 1. The maximum absolute atomic E-state index is 13.6. The second kappa shape index (κ2) is 13.5.